The molecule has 0 bridgehead atoms. The van der Waals surface area contributed by atoms with Crippen molar-refractivity contribution in [3.8, 4) is 0 Å². The lowest BCUT2D eigenvalue weighted by molar-refractivity contribution is 0.334. The first-order chi connectivity index (χ1) is 8.72. The van der Waals surface area contributed by atoms with E-state index in [1.807, 2.05) is 7.05 Å². The van der Waals surface area contributed by atoms with Crippen LogP contribution in [0.2, 0.25) is 0 Å². The van der Waals surface area contributed by atoms with Crippen LogP contribution in [-0.4, -0.2) is 19.6 Å². The lowest BCUT2D eigenvalue weighted by Crippen LogP contribution is -2.41. The fourth-order valence-electron chi connectivity index (χ4n) is 2.51. The average molecular weight is 265 g/mol. The lowest BCUT2D eigenvalue weighted by atomic mass is 9.89. The molecule has 1 fully saturated rings. The van der Waals surface area contributed by atoms with Gasteiger partial charge in [-0.15, -0.1) is 11.3 Å². The van der Waals surface area contributed by atoms with Crippen molar-refractivity contribution in [2.75, 3.05) is 13.6 Å². The molecule has 2 N–H and O–H groups in total. The zero-order valence-corrected chi connectivity index (χ0v) is 12.1. The summed E-state index contributed by atoms with van der Waals surface area (Å²) in [6, 6.07) is 4.22. The molecule has 1 aromatic heterocycles. The van der Waals surface area contributed by atoms with Crippen LogP contribution in [0.5, 0.6) is 0 Å². The Bertz CT molecular complexity index is 378. The highest BCUT2D eigenvalue weighted by Gasteiger charge is 2.28. The van der Waals surface area contributed by atoms with Gasteiger partial charge in [-0.25, -0.2) is 0 Å². The molecule has 0 aliphatic heterocycles. The molecule has 0 saturated heterocycles. The number of rotatable bonds is 4. The third-order valence-electron chi connectivity index (χ3n) is 3.73. The first kappa shape index (κ1) is 13.4. The molecule has 0 radical (unpaired) electrons. The van der Waals surface area contributed by atoms with E-state index in [1.165, 1.54) is 30.6 Å². The van der Waals surface area contributed by atoms with E-state index in [-0.39, 0.29) is 0 Å². The van der Waals surface area contributed by atoms with Crippen molar-refractivity contribution < 1.29 is 0 Å². The van der Waals surface area contributed by atoms with Gasteiger partial charge in [0.05, 0.1) is 6.54 Å². The van der Waals surface area contributed by atoms with Crippen LogP contribution in [0, 0.1) is 5.41 Å². The molecule has 0 spiro atoms. The smallest absolute Gasteiger partial charge is 0.191 e. The summed E-state index contributed by atoms with van der Waals surface area (Å²) in [5.74, 6) is 0.913. The summed E-state index contributed by atoms with van der Waals surface area (Å²) >= 11 is 1.77. The van der Waals surface area contributed by atoms with Crippen LogP contribution in [0.1, 0.15) is 37.5 Å². The van der Waals surface area contributed by atoms with Crippen molar-refractivity contribution in [1.82, 2.24) is 10.6 Å². The van der Waals surface area contributed by atoms with Crippen LogP contribution in [0.4, 0.5) is 0 Å². The van der Waals surface area contributed by atoms with Crippen LogP contribution in [0.3, 0.4) is 0 Å². The predicted molar refractivity (Wildman–Crippen MR) is 79.1 cm³/mol. The molecule has 0 unspecified atom stereocenters. The maximum Gasteiger partial charge on any atom is 0.191 e. The van der Waals surface area contributed by atoms with E-state index < -0.39 is 0 Å². The van der Waals surface area contributed by atoms with Crippen LogP contribution < -0.4 is 10.6 Å². The Balaban J connectivity index is 1.75. The minimum Gasteiger partial charge on any atom is -0.356 e. The maximum atomic E-state index is 4.28. The van der Waals surface area contributed by atoms with Gasteiger partial charge < -0.3 is 10.6 Å². The van der Waals surface area contributed by atoms with Gasteiger partial charge in [0.1, 0.15) is 0 Å². The molecule has 0 atom stereocenters. The van der Waals surface area contributed by atoms with Crippen LogP contribution >= 0.6 is 11.3 Å². The highest BCUT2D eigenvalue weighted by molar-refractivity contribution is 7.09. The number of hydrogen-bond acceptors (Lipinski definition) is 2. The molecule has 1 heterocycles. The third kappa shape index (κ3) is 3.73. The second-order valence-electron chi connectivity index (χ2n) is 5.38. The molecule has 1 aromatic rings. The minimum atomic E-state index is 0.459. The number of guanidine groups is 1. The molecule has 4 heteroatoms. The number of nitrogens with zero attached hydrogens (tertiary/aromatic N) is 1. The Morgan fingerprint density at radius 2 is 2.17 bits per heavy atom. The number of hydrogen-bond donors (Lipinski definition) is 2. The molecule has 1 aliphatic carbocycles. The Kier molecular flexibility index (Phi) is 4.64. The SMILES string of the molecule is CN=C(NCc1cccs1)NCC1(C)CCCC1. The van der Waals surface area contributed by atoms with Gasteiger partial charge in [0.25, 0.3) is 0 Å². The second kappa shape index (κ2) is 6.23. The second-order valence-corrected chi connectivity index (χ2v) is 6.41. The summed E-state index contributed by atoms with van der Waals surface area (Å²) in [6.45, 7) is 4.25. The Hall–Kier alpha value is -1.03. The predicted octanol–water partition coefficient (Wildman–Crippen LogP) is 2.99. The summed E-state index contributed by atoms with van der Waals surface area (Å²) in [7, 11) is 1.83. The van der Waals surface area contributed by atoms with E-state index in [2.05, 4.69) is 40.1 Å². The average Bonchev–Trinajstić information content (AvgIpc) is 3.01. The van der Waals surface area contributed by atoms with E-state index in [1.54, 1.807) is 11.3 Å². The lowest BCUT2D eigenvalue weighted by Gasteiger charge is -2.25. The van der Waals surface area contributed by atoms with Crippen LogP contribution in [0.25, 0.3) is 0 Å². The van der Waals surface area contributed by atoms with Gasteiger partial charge in [-0.1, -0.05) is 25.8 Å². The first-order valence-corrected chi connectivity index (χ1v) is 7.57. The molecule has 2 rings (SSSR count). The largest absolute Gasteiger partial charge is 0.356 e. The molecule has 1 aliphatic rings. The van der Waals surface area contributed by atoms with E-state index >= 15 is 0 Å². The van der Waals surface area contributed by atoms with E-state index in [9.17, 15) is 0 Å². The minimum absolute atomic E-state index is 0.459. The quantitative estimate of drug-likeness (QED) is 0.648. The van der Waals surface area contributed by atoms with Crippen LogP contribution in [-0.2, 0) is 6.54 Å². The number of thiophene rings is 1. The van der Waals surface area contributed by atoms with Crippen LogP contribution in [0.15, 0.2) is 22.5 Å². The highest BCUT2D eigenvalue weighted by Crippen LogP contribution is 2.36. The zero-order valence-electron chi connectivity index (χ0n) is 11.3. The van der Waals surface area contributed by atoms with Gasteiger partial charge in [0.2, 0.25) is 0 Å². The summed E-state index contributed by atoms with van der Waals surface area (Å²) in [5.41, 5.74) is 0.459. The van der Waals surface area contributed by atoms with Gasteiger partial charge in [0, 0.05) is 18.5 Å². The van der Waals surface area contributed by atoms with Gasteiger partial charge in [-0.3, -0.25) is 4.99 Å². The van der Waals surface area contributed by atoms with Crippen molar-refractivity contribution in [2.45, 2.75) is 39.2 Å². The summed E-state index contributed by atoms with van der Waals surface area (Å²) in [6.07, 6.45) is 5.42. The van der Waals surface area contributed by atoms with Crippen molar-refractivity contribution in [3.05, 3.63) is 22.4 Å². The fourth-order valence-corrected chi connectivity index (χ4v) is 3.15. The number of nitrogens with one attached hydrogen (secondary N) is 2. The zero-order chi connectivity index (χ0) is 12.8. The third-order valence-corrected chi connectivity index (χ3v) is 4.60. The summed E-state index contributed by atoms with van der Waals surface area (Å²) in [4.78, 5) is 5.62. The van der Waals surface area contributed by atoms with Crippen molar-refractivity contribution >= 4 is 17.3 Å². The molecular formula is C14H23N3S. The van der Waals surface area contributed by atoms with Crippen molar-refractivity contribution in [2.24, 2.45) is 10.4 Å². The maximum absolute atomic E-state index is 4.28. The Morgan fingerprint density at radius 1 is 1.39 bits per heavy atom. The molecule has 18 heavy (non-hydrogen) atoms. The highest BCUT2D eigenvalue weighted by atomic mass is 32.1. The van der Waals surface area contributed by atoms with Gasteiger partial charge in [-0.2, -0.15) is 0 Å². The Labute approximate surface area is 114 Å². The van der Waals surface area contributed by atoms with E-state index in [0.29, 0.717) is 5.41 Å². The van der Waals surface area contributed by atoms with Crippen molar-refractivity contribution in [3.63, 3.8) is 0 Å². The standard InChI is InChI=1S/C14H23N3S/c1-14(7-3-4-8-14)11-17-13(15-2)16-10-12-6-5-9-18-12/h5-6,9H,3-4,7-8,10-11H2,1-2H3,(H2,15,16,17). The molecule has 100 valence electrons. The molecular weight excluding hydrogens is 242 g/mol. The summed E-state index contributed by atoms with van der Waals surface area (Å²) in [5, 5.41) is 8.92. The van der Waals surface area contributed by atoms with E-state index in [4.69, 9.17) is 0 Å². The van der Waals surface area contributed by atoms with Gasteiger partial charge >= 0.3 is 0 Å². The Morgan fingerprint density at radius 3 is 2.78 bits per heavy atom. The normalized spacial score (nSPS) is 18.9. The monoisotopic (exact) mass is 265 g/mol. The fraction of sp³-hybridized carbons (Fsp3) is 0.643. The van der Waals surface area contributed by atoms with Gasteiger partial charge in [-0.05, 0) is 29.7 Å². The first-order valence-electron chi connectivity index (χ1n) is 6.69. The molecule has 0 amide bonds. The summed E-state index contributed by atoms with van der Waals surface area (Å²) < 4.78 is 0. The topological polar surface area (TPSA) is 36.4 Å². The molecule has 0 aromatic carbocycles. The van der Waals surface area contributed by atoms with E-state index in [0.717, 1.165) is 19.0 Å². The molecule has 1 saturated carbocycles. The van der Waals surface area contributed by atoms with Gasteiger partial charge in [0.15, 0.2) is 5.96 Å². The number of aliphatic imine (C=N–C) groups is 1. The van der Waals surface area contributed by atoms with Crippen molar-refractivity contribution in [1.29, 1.82) is 0 Å². The molecule has 3 nitrogen and oxygen atoms in total.